The van der Waals surface area contributed by atoms with Crippen LogP contribution in [0, 0.1) is 0 Å². The van der Waals surface area contributed by atoms with Gasteiger partial charge in [0.15, 0.2) is 11.3 Å². The third kappa shape index (κ3) is 3.10. The minimum Gasteiger partial charge on any atom is -0.480 e. The van der Waals surface area contributed by atoms with E-state index in [-0.39, 0.29) is 5.69 Å². The van der Waals surface area contributed by atoms with Crippen molar-refractivity contribution in [2.24, 2.45) is 0 Å². The van der Waals surface area contributed by atoms with Crippen molar-refractivity contribution in [3.8, 4) is 11.3 Å². The number of aryl methyl sites for hydroxylation is 1. The van der Waals surface area contributed by atoms with Gasteiger partial charge >= 0.3 is 5.97 Å². The molecule has 0 aliphatic rings. The molecule has 24 heavy (non-hydrogen) atoms. The number of nitrogens with zero attached hydrogens (tertiary/aromatic N) is 3. The molecule has 3 aromatic rings. The molecule has 0 aliphatic heterocycles. The van der Waals surface area contributed by atoms with E-state index in [0.717, 1.165) is 17.7 Å². The summed E-state index contributed by atoms with van der Waals surface area (Å²) in [6, 6.07) is 11.4. The Morgan fingerprint density at radius 1 is 1.21 bits per heavy atom. The molecule has 122 valence electrons. The van der Waals surface area contributed by atoms with Crippen molar-refractivity contribution in [3.05, 3.63) is 53.9 Å². The summed E-state index contributed by atoms with van der Waals surface area (Å²) >= 11 is 0. The Morgan fingerprint density at radius 3 is 2.62 bits per heavy atom. The Kier molecular flexibility index (Phi) is 4.24. The van der Waals surface area contributed by atoms with E-state index in [1.807, 2.05) is 30.3 Å². The summed E-state index contributed by atoms with van der Waals surface area (Å²) in [4.78, 5) is 26.7. The van der Waals surface area contributed by atoms with E-state index in [4.69, 9.17) is 5.11 Å². The number of hydrogen-bond donors (Lipinski definition) is 2. The fraction of sp³-hybridized carbons (Fsp3) is 0.176. The predicted molar refractivity (Wildman–Crippen MR) is 87.8 cm³/mol. The highest BCUT2D eigenvalue weighted by molar-refractivity contribution is 5.95. The average Bonchev–Trinajstić information content (AvgIpc) is 3.04. The van der Waals surface area contributed by atoms with Gasteiger partial charge in [-0.3, -0.25) is 9.59 Å². The molecule has 1 aromatic carbocycles. The molecule has 7 nitrogen and oxygen atoms in total. The number of rotatable bonds is 5. The van der Waals surface area contributed by atoms with Crippen LogP contribution < -0.4 is 5.32 Å². The zero-order valence-corrected chi connectivity index (χ0v) is 13.1. The van der Waals surface area contributed by atoms with Crippen LogP contribution in [0.4, 0.5) is 0 Å². The zero-order chi connectivity index (χ0) is 17.1. The number of hydrogen-bond acceptors (Lipinski definition) is 4. The highest BCUT2D eigenvalue weighted by Crippen LogP contribution is 2.20. The summed E-state index contributed by atoms with van der Waals surface area (Å²) in [5.41, 5.74) is 3.65. The lowest BCUT2D eigenvalue weighted by molar-refractivity contribution is -0.135. The van der Waals surface area contributed by atoms with Gasteiger partial charge in [0, 0.05) is 17.8 Å². The second-order valence-corrected chi connectivity index (χ2v) is 5.26. The van der Waals surface area contributed by atoms with Crippen LogP contribution >= 0.6 is 0 Å². The Bertz CT molecular complexity index is 900. The van der Waals surface area contributed by atoms with Gasteiger partial charge in [-0.2, -0.15) is 5.10 Å². The maximum atomic E-state index is 12.0. The molecule has 0 bridgehead atoms. The standard InChI is InChI=1S/C17H16N4O3/c1-2-11-3-5-12(6-4-11)14-7-8-18-15-9-13(20-21(14)15)17(24)19-10-16(22)23/h3-9H,2,10H2,1H3,(H,19,24)(H,22,23). The first-order chi connectivity index (χ1) is 11.6. The van der Waals surface area contributed by atoms with Crippen LogP contribution in [0.3, 0.4) is 0 Å². The maximum Gasteiger partial charge on any atom is 0.322 e. The van der Waals surface area contributed by atoms with Crippen molar-refractivity contribution in [1.82, 2.24) is 19.9 Å². The summed E-state index contributed by atoms with van der Waals surface area (Å²) in [5, 5.41) is 15.2. The third-order valence-corrected chi connectivity index (χ3v) is 3.65. The lowest BCUT2D eigenvalue weighted by Gasteiger charge is -2.05. The summed E-state index contributed by atoms with van der Waals surface area (Å²) in [5.74, 6) is -1.66. The molecule has 0 saturated heterocycles. The molecule has 0 saturated carbocycles. The Hall–Kier alpha value is -3.22. The molecule has 1 amide bonds. The molecule has 7 heteroatoms. The number of aliphatic carboxylic acids is 1. The fourth-order valence-electron chi connectivity index (χ4n) is 2.38. The third-order valence-electron chi connectivity index (χ3n) is 3.65. The minimum absolute atomic E-state index is 0.126. The number of fused-ring (bicyclic) bond motifs is 1. The molecule has 0 fully saturated rings. The smallest absolute Gasteiger partial charge is 0.322 e. The second kappa shape index (κ2) is 6.49. The van der Waals surface area contributed by atoms with Crippen LogP contribution in [-0.2, 0) is 11.2 Å². The molecule has 0 atom stereocenters. The van der Waals surface area contributed by atoms with Gasteiger partial charge in [0.25, 0.3) is 5.91 Å². The van der Waals surface area contributed by atoms with Gasteiger partial charge in [-0.05, 0) is 18.1 Å². The molecule has 2 N–H and O–H groups in total. The zero-order valence-electron chi connectivity index (χ0n) is 13.1. The number of carboxylic acids is 1. The van der Waals surface area contributed by atoms with Crippen LogP contribution in [0.25, 0.3) is 16.9 Å². The normalized spacial score (nSPS) is 10.7. The van der Waals surface area contributed by atoms with Gasteiger partial charge in [0.1, 0.15) is 6.54 Å². The number of carbonyl (C=O) groups is 2. The molecular formula is C17H16N4O3. The first-order valence-corrected chi connectivity index (χ1v) is 7.52. The highest BCUT2D eigenvalue weighted by Gasteiger charge is 2.14. The van der Waals surface area contributed by atoms with Gasteiger partial charge in [-0.25, -0.2) is 9.50 Å². The van der Waals surface area contributed by atoms with E-state index >= 15 is 0 Å². The molecule has 3 rings (SSSR count). The average molecular weight is 324 g/mol. The van der Waals surface area contributed by atoms with Crippen LogP contribution in [-0.4, -0.2) is 38.1 Å². The van der Waals surface area contributed by atoms with E-state index in [1.54, 1.807) is 10.7 Å². The highest BCUT2D eigenvalue weighted by atomic mass is 16.4. The lowest BCUT2D eigenvalue weighted by atomic mass is 10.1. The van der Waals surface area contributed by atoms with Gasteiger partial charge in [-0.1, -0.05) is 31.2 Å². The predicted octanol–water partition coefficient (Wildman–Crippen LogP) is 1.77. The molecule has 0 radical (unpaired) electrons. The monoisotopic (exact) mass is 324 g/mol. The van der Waals surface area contributed by atoms with Crippen molar-refractivity contribution < 1.29 is 14.7 Å². The van der Waals surface area contributed by atoms with Crippen LogP contribution in [0.15, 0.2) is 42.6 Å². The van der Waals surface area contributed by atoms with Crippen molar-refractivity contribution in [2.75, 3.05) is 6.54 Å². The van der Waals surface area contributed by atoms with E-state index < -0.39 is 18.4 Å². The molecular weight excluding hydrogens is 308 g/mol. The topological polar surface area (TPSA) is 96.6 Å². The number of amides is 1. The largest absolute Gasteiger partial charge is 0.480 e. The summed E-state index contributed by atoms with van der Waals surface area (Å²) in [7, 11) is 0. The fourth-order valence-corrected chi connectivity index (χ4v) is 2.38. The number of nitrogens with one attached hydrogen (secondary N) is 1. The van der Waals surface area contributed by atoms with Gasteiger partial charge in [0.2, 0.25) is 0 Å². The van der Waals surface area contributed by atoms with Crippen molar-refractivity contribution >= 4 is 17.5 Å². The van der Waals surface area contributed by atoms with E-state index in [9.17, 15) is 9.59 Å². The van der Waals surface area contributed by atoms with Crippen LogP contribution in [0.1, 0.15) is 23.0 Å². The number of carbonyl (C=O) groups excluding carboxylic acids is 1. The Balaban J connectivity index is 1.97. The summed E-state index contributed by atoms with van der Waals surface area (Å²) in [6.07, 6.45) is 2.61. The quantitative estimate of drug-likeness (QED) is 0.745. The molecule has 2 aromatic heterocycles. The van der Waals surface area contributed by atoms with Crippen molar-refractivity contribution in [2.45, 2.75) is 13.3 Å². The lowest BCUT2D eigenvalue weighted by Crippen LogP contribution is -2.29. The van der Waals surface area contributed by atoms with E-state index in [1.165, 1.54) is 11.6 Å². The maximum absolute atomic E-state index is 12.0. The number of benzene rings is 1. The van der Waals surface area contributed by atoms with E-state index in [2.05, 4.69) is 22.3 Å². The minimum atomic E-state index is -1.11. The molecule has 0 unspecified atom stereocenters. The van der Waals surface area contributed by atoms with Crippen LogP contribution in [0.2, 0.25) is 0 Å². The first kappa shape index (κ1) is 15.7. The van der Waals surface area contributed by atoms with Gasteiger partial charge < -0.3 is 10.4 Å². The first-order valence-electron chi connectivity index (χ1n) is 7.52. The molecule has 2 heterocycles. The van der Waals surface area contributed by atoms with Crippen molar-refractivity contribution in [1.29, 1.82) is 0 Å². The Labute approximate surface area is 138 Å². The van der Waals surface area contributed by atoms with Crippen LogP contribution in [0.5, 0.6) is 0 Å². The van der Waals surface area contributed by atoms with Gasteiger partial charge in [-0.15, -0.1) is 0 Å². The number of carboxylic acid groups (broad SMARTS) is 1. The second-order valence-electron chi connectivity index (χ2n) is 5.26. The molecule has 0 spiro atoms. The van der Waals surface area contributed by atoms with E-state index in [0.29, 0.717) is 5.65 Å². The Morgan fingerprint density at radius 2 is 1.96 bits per heavy atom. The SMILES string of the molecule is CCc1ccc(-c2ccnc3cc(C(=O)NCC(=O)O)nn23)cc1. The summed E-state index contributed by atoms with van der Waals surface area (Å²) < 4.78 is 1.58. The summed E-state index contributed by atoms with van der Waals surface area (Å²) in [6.45, 7) is 1.64. The number of aromatic nitrogens is 3. The molecule has 0 aliphatic carbocycles. The van der Waals surface area contributed by atoms with Crippen molar-refractivity contribution in [3.63, 3.8) is 0 Å². The van der Waals surface area contributed by atoms with Gasteiger partial charge in [0.05, 0.1) is 5.69 Å².